The van der Waals surface area contributed by atoms with E-state index in [1.165, 1.54) is 18.7 Å². The van der Waals surface area contributed by atoms with Crippen LogP contribution in [0.5, 0.6) is 0 Å². The summed E-state index contributed by atoms with van der Waals surface area (Å²) >= 11 is 2.02. The fourth-order valence-corrected chi connectivity index (χ4v) is 3.19. The van der Waals surface area contributed by atoms with Crippen molar-refractivity contribution in [2.45, 2.75) is 58.2 Å². The number of nitrogens with zero attached hydrogens (tertiary/aromatic N) is 1. The van der Waals surface area contributed by atoms with Crippen molar-refractivity contribution in [3.05, 3.63) is 0 Å². The second kappa shape index (κ2) is 7.53. The molecular weight excluding hydrogens is 256 g/mol. The zero-order chi connectivity index (χ0) is 14.5. The molecule has 0 bridgehead atoms. The molecule has 1 saturated heterocycles. The van der Waals surface area contributed by atoms with E-state index in [1.807, 2.05) is 25.6 Å². The van der Waals surface area contributed by atoms with Crippen molar-refractivity contribution in [1.82, 2.24) is 10.2 Å². The quantitative estimate of drug-likeness (QED) is 0.843. The number of piperidine rings is 1. The smallest absolute Gasteiger partial charge is 0.222 e. The number of thioether (sulfide) groups is 1. The van der Waals surface area contributed by atoms with Crippen molar-refractivity contribution in [2.75, 3.05) is 25.4 Å². The second-order valence-corrected chi connectivity index (χ2v) is 8.69. The van der Waals surface area contributed by atoms with E-state index in [1.54, 1.807) is 0 Å². The molecule has 1 N–H and O–H groups in total. The van der Waals surface area contributed by atoms with Gasteiger partial charge in [0.15, 0.2) is 0 Å². The number of amides is 1. The van der Waals surface area contributed by atoms with E-state index < -0.39 is 0 Å². The van der Waals surface area contributed by atoms with E-state index in [-0.39, 0.29) is 11.8 Å². The molecular formula is C15H30N2OS. The lowest BCUT2D eigenvalue weighted by molar-refractivity contribution is -0.125. The summed E-state index contributed by atoms with van der Waals surface area (Å²) in [5.41, 5.74) is 0. The average Bonchev–Trinajstić information content (AvgIpc) is 2.27. The number of carbonyl (C=O) groups excluding carboxylic acids is 1. The fourth-order valence-electron chi connectivity index (χ4n) is 2.23. The Morgan fingerprint density at radius 1 is 1.42 bits per heavy atom. The third-order valence-electron chi connectivity index (χ3n) is 3.32. The lowest BCUT2D eigenvalue weighted by atomic mass is 10.0. The highest BCUT2D eigenvalue weighted by Gasteiger charge is 2.22. The molecule has 0 spiro atoms. The molecule has 1 aliphatic rings. The van der Waals surface area contributed by atoms with Gasteiger partial charge in [-0.25, -0.2) is 0 Å². The normalized spacial score (nSPS) is 21.7. The molecule has 4 heteroatoms. The van der Waals surface area contributed by atoms with Crippen LogP contribution in [0.2, 0.25) is 0 Å². The van der Waals surface area contributed by atoms with Gasteiger partial charge in [-0.05, 0) is 19.4 Å². The van der Waals surface area contributed by atoms with Crippen molar-refractivity contribution in [2.24, 2.45) is 5.92 Å². The van der Waals surface area contributed by atoms with Crippen molar-refractivity contribution in [1.29, 1.82) is 0 Å². The molecule has 1 fully saturated rings. The Labute approximate surface area is 122 Å². The number of carbonyl (C=O) groups is 1. The third kappa shape index (κ3) is 7.21. The summed E-state index contributed by atoms with van der Waals surface area (Å²) in [5, 5.41) is 3.17. The largest absolute Gasteiger partial charge is 0.352 e. The summed E-state index contributed by atoms with van der Waals surface area (Å²) in [7, 11) is 0. The first-order valence-corrected chi connectivity index (χ1v) is 8.43. The highest BCUT2D eigenvalue weighted by atomic mass is 32.2. The van der Waals surface area contributed by atoms with Crippen molar-refractivity contribution in [3.8, 4) is 0 Å². The molecule has 112 valence electrons. The van der Waals surface area contributed by atoms with Gasteiger partial charge in [0.05, 0.1) is 0 Å². The molecule has 0 aliphatic carbocycles. The van der Waals surface area contributed by atoms with Crippen LogP contribution in [-0.4, -0.2) is 47.0 Å². The first-order chi connectivity index (χ1) is 8.78. The van der Waals surface area contributed by atoms with Crippen LogP contribution in [0.1, 0.15) is 47.5 Å². The minimum Gasteiger partial charge on any atom is -0.352 e. The Hall–Kier alpha value is -0.220. The molecule has 1 heterocycles. The van der Waals surface area contributed by atoms with Crippen LogP contribution in [0.15, 0.2) is 0 Å². The number of nitrogens with one attached hydrogen (secondary N) is 1. The maximum atomic E-state index is 11.7. The van der Waals surface area contributed by atoms with E-state index in [9.17, 15) is 4.79 Å². The van der Waals surface area contributed by atoms with E-state index in [2.05, 4.69) is 31.0 Å². The molecule has 0 saturated carbocycles. The standard InChI is InChI=1S/C15H30N2OS/c1-12(2)14(18)16-13-7-6-8-17(11-13)9-10-19-15(3,4)5/h12-13H,6-11H2,1-5H3,(H,16,18). The maximum Gasteiger partial charge on any atom is 0.222 e. The van der Waals surface area contributed by atoms with Gasteiger partial charge in [0.2, 0.25) is 5.91 Å². The summed E-state index contributed by atoms with van der Waals surface area (Å²) in [4.78, 5) is 14.2. The van der Waals surface area contributed by atoms with Crippen LogP contribution in [0.4, 0.5) is 0 Å². The average molecular weight is 286 g/mol. The van der Waals surface area contributed by atoms with E-state index >= 15 is 0 Å². The monoisotopic (exact) mass is 286 g/mol. The Balaban J connectivity index is 2.28. The van der Waals surface area contributed by atoms with Crippen molar-refractivity contribution in [3.63, 3.8) is 0 Å². The van der Waals surface area contributed by atoms with Gasteiger partial charge in [0, 0.05) is 35.5 Å². The molecule has 19 heavy (non-hydrogen) atoms. The van der Waals surface area contributed by atoms with Crippen LogP contribution in [0.3, 0.4) is 0 Å². The van der Waals surface area contributed by atoms with Gasteiger partial charge in [-0.2, -0.15) is 11.8 Å². The molecule has 0 aromatic carbocycles. The summed E-state index contributed by atoms with van der Waals surface area (Å²) in [6, 6.07) is 0.350. The van der Waals surface area contributed by atoms with E-state index in [0.29, 0.717) is 10.8 Å². The lowest BCUT2D eigenvalue weighted by Gasteiger charge is -2.34. The lowest BCUT2D eigenvalue weighted by Crippen LogP contribution is -2.49. The Kier molecular flexibility index (Phi) is 6.67. The van der Waals surface area contributed by atoms with Gasteiger partial charge >= 0.3 is 0 Å². The zero-order valence-corrected chi connectivity index (χ0v) is 14.0. The number of rotatable bonds is 5. The SMILES string of the molecule is CC(C)C(=O)NC1CCCN(CCSC(C)(C)C)C1. The van der Waals surface area contributed by atoms with Crippen LogP contribution in [0, 0.1) is 5.92 Å². The molecule has 1 rings (SSSR count). The second-order valence-electron chi connectivity index (χ2n) is 6.76. The molecule has 0 aromatic heterocycles. The summed E-state index contributed by atoms with van der Waals surface area (Å²) < 4.78 is 0.348. The summed E-state index contributed by atoms with van der Waals surface area (Å²) in [6.45, 7) is 14.0. The minimum atomic E-state index is 0.0897. The molecule has 1 amide bonds. The highest BCUT2D eigenvalue weighted by Crippen LogP contribution is 2.23. The number of hydrogen-bond donors (Lipinski definition) is 1. The molecule has 0 radical (unpaired) electrons. The van der Waals surface area contributed by atoms with E-state index in [4.69, 9.17) is 0 Å². The maximum absolute atomic E-state index is 11.7. The van der Waals surface area contributed by atoms with Gasteiger partial charge in [-0.3, -0.25) is 4.79 Å². The highest BCUT2D eigenvalue weighted by molar-refractivity contribution is 8.00. The Morgan fingerprint density at radius 2 is 2.11 bits per heavy atom. The van der Waals surface area contributed by atoms with Gasteiger partial charge in [-0.1, -0.05) is 34.6 Å². The van der Waals surface area contributed by atoms with E-state index in [0.717, 1.165) is 19.5 Å². The van der Waals surface area contributed by atoms with Gasteiger partial charge < -0.3 is 10.2 Å². The Morgan fingerprint density at radius 3 is 2.68 bits per heavy atom. The molecule has 1 aliphatic heterocycles. The topological polar surface area (TPSA) is 32.3 Å². The van der Waals surface area contributed by atoms with Crippen LogP contribution in [0.25, 0.3) is 0 Å². The summed E-state index contributed by atoms with van der Waals surface area (Å²) in [6.07, 6.45) is 2.32. The summed E-state index contributed by atoms with van der Waals surface area (Å²) in [5.74, 6) is 1.46. The third-order valence-corrected chi connectivity index (χ3v) is 4.57. The van der Waals surface area contributed by atoms with Gasteiger partial charge in [-0.15, -0.1) is 0 Å². The first-order valence-electron chi connectivity index (χ1n) is 7.44. The molecule has 1 atom stereocenters. The van der Waals surface area contributed by atoms with Crippen LogP contribution >= 0.6 is 11.8 Å². The molecule has 1 unspecified atom stereocenters. The van der Waals surface area contributed by atoms with Gasteiger partial charge in [0.1, 0.15) is 0 Å². The first kappa shape index (κ1) is 16.8. The number of likely N-dealkylation sites (tertiary alicyclic amines) is 1. The predicted octanol–water partition coefficient (Wildman–Crippen LogP) is 2.75. The minimum absolute atomic E-state index is 0.0897. The van der Waals surface area contributed by atoms with Crippen molar-refractivity contribution >= 4 is 17.7 Å². The molecule has 3 nitrogen and oxygen atoms in total. The molecule has 0 aromatic rings. The fraction of sp³-hybridized carbons (Fsp3) is 0.933. The predicted molar refractivity (Wildman–Crippen MR) is 84.7 cm³/mol. The van der Waals surface area contributed by atoms with Crippen LogP contribution in [-0.2, 0) is 4.79 Å². The van der Waals surface area contributed by atoms with Crippen molar-refractivity contribution < 1.29 is 4.79 Å². The zero-order valence-electron chi connectivity index (χ0n) is 13.2. The van der Waals surface area contributed by atoms with Gasteiger partial charge in [0.25, 0.3) is 0 Å². The Bertz CT molecular complexity index is 286. The van der Waals surface area contributed by atoms with Crippen LogP contribution < -0.4 is 5.32 Å². The number of hydrogen-bond acceptors (Lipinski definition) is 3.